The number of hydrogen-bond acceptors (Lipinski definition) is 21. The van der Waals surface area contributed by atoms with Crippen LogP contribution in [0.15, 0.2) is 60.7 Å². The summed E-state index contributed by atoms with van der Waals surface area (Å²) in [4.78, 5) is 27.4. The molecule has 21 nitrogen and oxygen atoms in total. The predicted octanol–water partition coefficient (Wildman–Crippen LogP) is 5.05. The molecule has 2 unspecified atom stereocenters. The van der Waals surface area contributed by atoms with Crippen molar-refractivity contribution in [2.75, 3.05) is 0 Å². The first kappa shape index (κ1) is 43.5. The number of benzene rings is 6. The summed E-state index contributed by atoms with van der Waals surface area (Å²) in [5.41, 5.74) is -2.92. The number of phenols is 15. The molecule has 0 amide bonds. The van der Waals surface area contributed by atoms with E-state index in [1.54, 1.807) is 0 Å². The van der Waals surface area contributed by atoms with Gasteiger partial charge in [0, 0.05) is 70.5 Å². The SMILES string of the molecule is Cc1c(O)c(O)cc([C@H]2Oc3cc(O)cc(O)c3CC2OC(=O)c2cc(O)c(O)c(O)c2)c1-c1c([C@@H]2Oc3cc(O)cc(O)c3CC2OC(=O)c2cc(O)c(O)c(O)c2)cc(O)c(O)c1O. The van der Waals surface area contributed by atoms with Crippen molar-refractivity contribution in [3.8, 4) is 109 Å². The summed E-state index contributed by atoms with van der Waals surface area (Å²) < 4.78 is 24.2. The normalized spacial score (nSPS) is 17.4. The highest BCUT2D eigenvalue weighted by Gasteiger charge is 2.43. The van der Waals surface area contributed by atoms with Crippen LogP contribution in [0, 0.1) is 6.92 Å². The van der Waals surface area contributed by atoms with Crippen LogP contribution < -0.4 is 9.47 Å². The minimum atomic E-state index is -1.76. The van der Waals surface area contributed by atoms with Gasteiger partial charge in [-0.05, 0) is 48.9 Å². The van der Waals surface area contributed by atoms with E-state index in [-0.39, 0.29) is 44.9 Å². The van der Waals surface area contributed by atoms with E-state index in [9.17, 15) is 86.2 Å². The number of hydrogen-bond donors (Lipinski definition) is 15. The van der Waals surface area contributed by atoms with Crippen molar-refractivity contribution in [3.05, 3.63) is 99.6 Å². The minimum Gasteiger partial charge on any atom is -0.508 e. The van der Waals surface area contributed by atoms with Crippen molar-refractivity contribution in [1.29, 1.82) is 0 Å². The maximum atomic E-state index is 13.7. The van der Waals surface area contributed by atoms with Gasteiger partial charge in [-0.25, -0.2) is 9.59 Å². The topological polar surface area (TPSA) is 375 Å². The Labute approximate surface area is 369 Å². The average Bonchev–Trinajstić information content (AvgIpc) is 3.25. The first-order valence-corrected chi connectivity index (χ1v) is 19.3. The molecular weight excluding hydrogens is 876 g/mol. The number of phenolic OH excluding ortho intramolecular Hbond substituents is 15. The molecule has 6 aromatic carbocycles. The molecule has 21 heteroatoms. The van der Waals surface area contributed by atoms with Gasteiger partial charge in [-0.2, -0.15) is 0 Å². The summed E-state index contributed by atoms with van der Waals surface area (Å²) in [6.45, 7) is 1.23. The Morgan fingerprint density at radius 1 is 0.439 bits per heavy atom. The summed E-state index contributed by atoms with van der Waals surface area (Å²) >= 11 is 0. The molecule has 0 fully saturated rings. The quantitative estimate of drug-likeness (QED) is 0.0735. The molecule has 0 radical (unpaired) electrons. The van der Waals surface area contributed by atoms with E-state index in [0.717, 1.165) is 60.7 Å². The van der Waals surface area contributed by atoms with Gasteiger partial charge in [-0.15, -0.1) is 0 Å². The monoisotopic (exact) mass is 912 g/mol. The van der Waals surface area contributed by atoms with Gasteiger partial charge in [0.1, 0.15) is 46.7 Å². The molecule has 66 heavy (non-hydrogen) atoms. The lowest BCUT2D eigenvalue weighted by atomic mass is 9.82. The zero-order valence-electron chi connectivity index (χ0n) is 33.7. The molecule has 15 N–H and O–H groups in total. The van der Waals surface area contributed by atoms with Gasteiger partial charge >= 0.3 is 11.9 Å². The lowest BCUT2D eigenvalue weighted by molar-refractivity contribution is -0.0196. The number of aromatic hydroxyl groups is 15. The number of fused-ring (bicyclic) bond motifs is 2. The Morgan fingerprint density at radius 3 is 1.21 bits per heavy atom. The van der Waals surface area contributed by atoms with Crippen LogP contribution in [0.5, 0.6) is 97.7 Å². The summed E-state index contributed by atoms with van der Waals surface area (Å²) in [5, 5.41) is 159. The van der Waals surface area contributed by atoms with Gasteiger partial charge < -0.3 is 95.5 Å². The highest BCUT2D eigenvalue weighted by atomic mass is 16.6. The summed E-state index contributed by atoms with van der Waals surface area (Å²) in [5.74, 6) is -15.5. The van der Waals surface area contributed by atoms with Crippen LogP contribution in [0.25, 0.3) is 11.1 Å². The fourth-order valence-electron chi connectivity index (χ4n) is 8.01. The zero-order valence-corrected chi connectivity index (χ0v) is 33.7. The van der Waals surface area contributed by atoms with Crippen LogP contribution in [0.2, 0.25) is 0 Å². The van der Waals surface area contributed by atoms with E-state index >= 15 is 0 Å². The second-order valence-corrected chi connectivity index (χ2v) is 15.4. The third kappa shape index (κ3) is 7.38. The summed E-state index contributed by atoms with van der Waals surface area (Å²) in [7, 11) is 0. The first-order valence-electron chi connectivity index (χ1n) is 19.3. The maximum Gasteiger partial charge on any atom is 0.338 e. The molecule has 4 atom stereocenters. The van der Waals surface area contributed by atoms with Gasteiger partial charge in [0.25, 0.3) is 0 Å². The molecule has 2 heterocycles. The van der Waals surface area contributed by atoms with Crippen molar-refractivity contribution in [3.63, 3.8) is 0 Å². The predicted molar refractivity (Wildman–Crippen MR) is 220 cm³/mol. The Hall–Kier alpha value is -9.14. The Kier molecular flexibility index (Phi) is 10.5. The Morgan fingerprint density at radius 2 is 0.803 bits per heavy atom. The van der Waals surface area contributed by atoms with Crippen LogP contribution in [0.3, 0.4) is 0 Å². The fourth-order valence-corrected chi connectivity index (χ4v) is 8.01. The molecule has 342 valence electrons. The molecule has 0 saturated carbocycles. The summed E-state index contributed by atoms with van der Waals surface area (Å²) in [6.07, 6.45) is -7.64. The number of esters is 2. The van der Waals surface area contributed by atoms with Crippen LogP contribution in [-0.4, -0.2) is 101 Å². The Balaban J connectivity index is 1.34. The van der Waals surface area contributed by atoms with E-state index in [1.165, 1.54) is 6.92 Å². The van der Waals surface area contributed by atoms with Gasteiger partial charge in [0.05, 0.1) is 11.1 Å². The van der Waals surface area contributed by atoms with E-state index in [1.807, 2.05) is 0 Å². The molecule has 6 aromatic rings. The van der Waals surface area contributed by atoms with Crippen molar-refractivity contribution >= 4 is 11.9 Å². The smallest absolute Gasteiger partial charge is 0.338 e. The summed E-state index contributed by atoms with van der Waals surface area (Å²) in [6, 6.07) is 8.90. The fraction of sp³-hybridized carbons (Fsp3) is 0.156. The van der Waals surface area contributed by atoms with Crippen molar-refractivity contribution in [2.24, 2.45) is 0 Å². The van der Waals surface area contributed by atoms with Crippen LogP contribution in [-0.2, 0) is 22.3 Å². The molecule has 0 saturated heterocycles. The second kappa shape index (κ2) is 15.9. The van der Waals surface area contributed by atoms with Crippen LogP contribution in [0.4, 0.5) is 0 Å². The molecule has 8 rings (SSSR count). The highest BCUT2D eigenvalue weighted by Crippen LogP contribution is 2.56. The van der Waals surface area contributed by atoms with Crippen molar-refractivity contribution < 1.29 is 105 Å². The van der Waals surface area contributed by atoms with Crippen LogP contribution in [0.1, 0.15) is 60.7 Å². The second-order valence-electron chi connectivity index (χ2n) is 15.4. The standard InChI is InChI=1S/C45H36O21/c1-14-35(21(10-29(54)37(14)56)42-33(12-19-23(48)6-17(46)8-31(19)63-42)65-44(61)15-2-25(50)38(57)26(51)3-15)36-22(11-30(55)40(59)41(36)60)43-34(13-20-24(49)7-18(47)9-32(20)64-43)66-45(62)16-4-27(52)39(58)28(53)5-16/h2-11,33-34,42-43,46-60H,12-13H2,1H3/t33?,34?,42-,43+/m1/s1. The number of carbonyl (C=O) groups is 2. The molecule has 2 aliphatic rings. The number of carbonyl (C=O) groups excluding carboxylic acids is 2. The third-order valence-electron chi connectivity index (χ3n) is 11.2. The van der Waals surface area contributed by atoms with Gasteiger partial charge in [-0.1, -0.05) is 0 Å². The van der Waals surface area contributed by atoms with E-state index in [2.05, 4.69) is 0 Å². The van der Waals surface area contributed by atoms with Crippen molar-refractivity contribution in [2.45, 2.75) is 44.2 Å². The first-order chi connectivity index (χ1) is 31.1. The zero-order chi connectivity index (χ0) is 47.8. The largest absolute Gasteiger partial charge is 0.508 e. The number of ether oxygens (including phenoxy) is 4. The molecule has 0 aliphatic carbocycles. The van der Waals surface area contributed by atoms with Gasteiger partial charge in [0.15, 0.2) is 69.7 Å². The van der Waals surface area contributed by atoms with Gasteiger partial charge in [-0.3, -0.25) is 0 Å². The van der Waals surface area contributed by atoms with Crippen molar-refractivity contribution in [1.82, 2.24) is 0 Å². The van der Waals surface area contributed by atoms with Crippen LogP contribution >= 0.6 is 0 Å². The van der Waals surface area contributed by atoms with E-state index < -0.39 is 152 Å². The number of rotatable bonds is 7. The van der Waals surface area contributed by atoms with E-state index in [0.29, 0.717) is 0 Å². The molecule has 0 aromatic heterocycles. The lowest BCUT2D eigenvalue weighted by Crippen LogP contribution is -2.36. The average molecular weight is 913 g/mol. The van der Waals surface area contributed by atoms with E-state index in [4.69, 9.17) is 18.9 Å². The minimum absolute atomic E-state index is 0.0222. The third-order valence-corrected chi connectivity index (χ3v) is 11.2. The van der Waals surface area contributed by atoms with Gasteiger partial charge in [0.2, 0.25) is 5.75 Å². The Bertz CT molecular complexity index is 2780. The molecule has 2 aliphatic heterocycles. The highest BCUT2D eigenvalue weighted by molar-refractivity contribution is 5.92. The molecule has 0 bridgehead atoms. The molecular formula is C45H36O21. The maximum absolute atomic E-state index is 13.7. The lowest BCUT2D eigenvalue weighted by Gasteiger charge is -2.37. The molecule has 0 spiro atoms.